The van der Waals surface area contributed by atoms with Crippen molar-refractivity contribution in [2.45, 2.75) is 27.4 Å². The van der Waals surface area contributed by atoms with Crippen molar-refractivity contribution >= 4 is 67.8 Å². The van der Waals surface area contributed by atoms with Crippen LogP contribution in [0.5, 0.6) is 11.5 Å². The average molecular weight is 648 g/mol. The van der Waals surface area contributed by atoms with Gasteiger partial charge in [-0.05, 0) is 114 Å². The second-order valence-corrected chi connectivity index (χ2v) is 11.8. The quantitative estimate of drug-likeness (QED) is 0.179. The van der Waals surface area contributed by atoms with Crippen molar-refractivity contribution in [2.75, 3.05) is 11.5 Å². The lowest BCUT2D eigenvalue weighted by atomic mass is 10.1. The molecule has 1 fully saturated rings. The lowest BCUT2D eigenvalue weighted by Crippen LogP contribution is -2.28. The van der Waals surface area contributed by atoms with E-state index in [4.69, 9.17) is 26.1 Å². The smallest absolute Gasteiger partial charge is 0.271 e. The zero-order chi connectivity index (χ0) is 28.9. The fraction of sp³-hybridized carbons (Fsp3) is 0.152. The molecule has 0 radical (unpaired) electrons. The molecule has 0 aromatic heterocycles. The number of carbonyl (C=O) groups is 1. The van der Waals surface area contributed by atoms with Gasteiger partial charge in [0.15, 0.2) is 16.7 Å². The number of rotatable bonds is 8. The Balaban J connectivity index is 1.48. The fourth-order valence-electron chi connectivity index (χ4n) is 4.16. The highest BCUT2D eigenvalue weighted by Crippen LogP contribution is 2.41. The number of benzene rings is 4. The molecule has 0 unspecified atom stereocenters. The van der Waals surface area contributed by atoms with Gasteiger partial charge in [-0.1, -0.05) is 59.1 Å². The van der Waals surface area contributed by atoms with Gasteiger partial charge in [0, 0.05) is 5.02 Å². The molecule has 0 aliphatic carbocycles. The molecule has 0 bridgehead atoms. The maximum absolute atomic E-state index is 13.8. The molecule has 0 spiro atoms. The predicted molar refractivity (Wildman–Crippen MR) is 174 cm³/mol. The van der Waals surface area contributed by atoms with Crippen molar-refractivity contribution in [3.05, 3.63) is 122 Å². The van der Waals surface area contributed by atoms with Crippen LogP contribution in [0.15, 0.2) is 99.3 Å². The largest absolute Gasteiger partial charge is 0.490 e. The van der Waals surface area contributed by atoms with E-state index in [0.717, 1.165) is 38.1 Å². The Morgan fingerprint density at radius 1 is 0.927 bits per heavy atom. The van der Waals surface area contributed by atoms with E-state index in [0.29, 0.717) is 39.8 Å². The number of amidine groups is 1. The zero-order valence-electron chi connectivity index (χ0n) is 22.9. The van der Waals surface area contributed by atoms with E-state index in [2.05, 4.69) is 15.9 Å². The topological polar surface area (TPSA) is 51.1 Å². The third kappa shape index (κ3) is 7.04. The maximum atomic E-state index is 13.8. The Morgan fingerprint density at radius 3 is 2.24 bits per heavy atom. The number of anilines is 1. The van der Waals surface area contributed by atoms with Crippen molar-refractivity contribution < 1.29 is 14.3 Å². The van der Waals surface area contributed by atoms with Crippen LogP contribution in [0.2, 0.25) is 5.02 Å². The minimum absolute atomic E-state index is 0.137. The van der Waals surface area contributed by atoms with Gasteiger partial charge in [-0.2, -0.15) is 0 Å². The van der Waals surface area contributed by atoms with Crippen LogP contribution in [-0.4, -0.2) is 17.7 Å². The molecule has 0 N–H and O–H groups in total. The van der Waals surface area contributed by atoms with Crippen LogP contribution in [0.25, 0.3) is 6.08 Å². The highest BCUT2D eigenvalue weighted by Gasteiger charge is 2.35. The second kappa shape index (κ2) is 13.0. The summed E-state index contributed by atoms with van der Waals surface area (Å²) >= 11 is 11.0. The van der Waals surface area contributed by atoms with E-state index < -0.39 is 0 Å². The zero-order valence-corrected chi connectivity index (χ0v) is 26.0. The lowest BCUT2D eigenvalue weighted by Gasteiger charge is -2.16. The Labute approximate surface area is 258 Å². The molecule has 0 saturated carbocycles. The second-order valence-electron chi connectivity index (χ2n) is 9.49. The van der Waals surface area contributed by atoms with Crippen LogP contribution in [0.1, 0.15) is 29.2 Å². The predicted octanol–water partition coefficient (Wildman–Crippen LogP) is 9.51. The summed E-state index contributed by atoms with van der Waals surface area (Å²) < 4.78 is 12.8. The third-order valence-electron chi connectivity index (χ3n) is 6.28. The summed E-state index contributed by atoms with van der Waals surface area (Å²) in [6.07, 6.45) is 1.86. The summed E-state index contributed by atoms with van der Waals surface area (Å²) in [6, 6.07) is 27.1. The third-order valence-corrected chi connectivity index (χ3v) is 8.09. The van der Waals surface area contributed by atoms with Crippen molar-refractivity contribution in [1.82, 2.24) is 0 Å². The number of halogens is 2. The molecule has 5 nitrogen and oxygen atoms in total. The van der Waals surface area contributed by atoms with Crippen LogP contribution in [0.4, 0.5) is 11.4 Å². The van der Waals surface area contributed by atoms with Crippen molar-refractivity contribution in [2.24, 2.45) is 4.99 Å². The minimum atomic E-state index is -0.137. The van der Waals surface area contributed by atoms with Gasteiger partial charge in [0.2, 0.25) is 0 Å². The minimum Gasteiger partial charge on any atom is -0.490 e. The molecular weight excluding hydrogens is 620 g/mol. The number of aryl methyl sites for hydroxylation is 2. The Bertz CT molecular complexity index is 1620. The van der Waals surface area contributed by atoms with E-state index in [1.54, 1.807) is 4.90 Å². The fourth-order valence-corrected chi connectivity index (χ4v) is 5.86. The van der Waals surface area contributed by atoms with E-state index in [1.165, 1.54) is 11.8 Å². The van der Waals surface area contributed by atoms with E-state index in [9.17, 15) is 4.79 Å². The molecule has 8 heteroatoms. The number of nitrogens with zero attached hydrogens (tertiary/aromatic N) is 2. The molecule has 1 aliphatic heterocycles. The summed E-state index contributed by atoms with van der Waals surface area (Å²) in [5.41, 5.74) is 5.61. The van der Waals surface area contributed by atoms with Gasteiger partial charge < -0.3 is 9.47 Å². The number of hydrogen-bond donors (Lipinski definition) is 0. The van der Waals surface area contributed by atoms with Gasteiger partial charge in [0.05, 0.1) is 27.4 Å². The Kier molecular flexibility index (Phi) is 9.18. The molecule has 5 rings (SSSR count). The normalized spacial score (nSPS) is 15.1. The molecular formula is C33H28BrClN2O3S. The summed E-state index contributed by atoms with van der Waals surface area (Å²) in [6.45, 7) is 6.80. The molecule has 4 aromatic rings. The number of hydrogen-bond acceptors (Lipinski definition) is 5. The van der Waals surface area contributed by atoms with E-state index >= 15 is 0 Å². The number of amides is 1. The van der Waals surface area contributed by atoms with Gasteiger partial charge in [-0.15, -0.1) is 0 Å². The van der Waals surface area contributed by atoms with E-state index in [-0.39, 0.29) is 5.91 Å². The van der Waals surface area contributed by atoms with Crippen molar-refractivity contribution in [3.8, 4) is 11.5 Å². The van der Waals surface area contributed by atoms with Gasteiger partial charge in [-0.3, -0.25) is 9.69 Å². The molecule has 208 valence electrons. The molecule has 4 aromatic carbocycles. The van der Waals surface area contributed by atoms with Gasteiger partial charge >= 0.3 is 0 Å². The lowest BCUT2D eigenvalue weighted by molar-refractivity contribution is -0.113. The first-order valence-electron chi connectivity index (χ1n) is 13.1. The van der Waals surface area contributed by atoms with Crippen molar-refractivity contribution in [3.63, 3.8) is 0 Å². The molecule has 0 atom stereocenters. The van der Waals surface area contributed by atoms with E-state index in [1.807, 2.05) is 112 Å². The summed E-state index contributed by atoms with van der Waals surface area (Å²) in [5, 5.41) is 1.27. The highest BCUT2D eigenvalue weighted by atomic mass is 79.9. The number of aliphatic imine (C=N–C) groups is 1. The number of carbonyl (C=O) groups excluding carboxylic acids is 1. The molecule has 1 heterocycles. The number of thioether (sulfide) groups is 1. The Morgan fingerprint density at radius 2 is 1.59 bits per heavy atom. The molecule has 41 heavy (non-hydrogen) atoms. The Hall–Kier alpha value is -3.52. The summed E-state index contributed by atoms with van der Waals surface area (Å²) in [5.74, 6) is 1.04. The van der Waals surface area contributed by atoms with Crippen LogP contribution < -0.4 is 14.4 Å². The summed E-state index contributed by atoms with van der Waals surface area (Å²) in [4.78, 5) is 20.8. The van der Waals surface area contributed by atoms with Crippen LogP contribution >= 0.6 is 39.3 Å². The van der Waals surface area contributed by atoms with Crippen molar-refractivity contribution in [1.29, 1.82) is 0 Å². The summed E-state index contributed by atoms with van der Waals surface area (Å²) in [7, 11) is 0. The first kappa shape index (κ1) is 29.0. The first-order chi connectivity index (χ1) is 19.8. The van der Waals surface area contributed by atoms with Gasteiger partial charge in [0.1, 0.15) is 6.61 Å². The standard InChI is InChI=1S/C33H28BrClN2O3S/c1-4-39-29-18-24(17-28(34)31(29)40-20-23-9-11-25(35)12-10-23)19-30-32(38)37(27-15-7-22(3)8-16-27)33(41-30)36-26-13-5-21(2)6-14-26/h5-19H,4,20H2,1-3H3/b30-19-,36-33?. The SMILES string of the molecule is CCOc1cc(/C=C2\SC(=Nc3ccc(C)cc3)N(c3ccc(C)cc3)C2=O)cc(Br)c1OCc1ccc(Cl)cc1. The number of ether oxygens (including phenoxy) is 2. The van der Waals surface area contributed by atoms with Crippen LogP contribution in [-0.2, 0) is 11.4 Å². The first-order valence-corrected chi connectivity index (χ1v) is 15.1. The molecule has 1 aliphatic rings. The molecule has 1 amide bonds. The highest BCUT2D eigenvalue weighted by molar-refractivity contribution is 9.10. The van der Waals surface area contributed by atoms with Gasteiger partial charge in [0.25, 0.3) is 5.91 Å². The van der Waals surface area contributed by atoms with Crippen LogP contribution in [0, 0.1) is 13.8 Å². The van der Waals surface area contributed by atoms with Gasteiger partial charge in [-0.25, -0.2) is 4.99 Å². The maximum Gasteiger partial charge on any atom is 0.271 e. The molecule has 1 saturated heterocycles. The monoisotopic (exact) mass is 646 g/mol. The average Bonchev–Trinajstić information content (AvgIpc) is 3.25. The van der Waals surface area contributed by atoms with Crippen LogP contribution in [0.3, 0.4) is 0 Å².